The highest BCUT2D eigenvalue weighted by atomic mass is 16.2. The molecule has 78 valence electrons. The van der Waals surface area contributed by atoms with Gasteiger partial charge in [-0.3, -0.25) is 14.4 Å². The number of hydrogen-bond donors (Lipinski definition) is 3. The molecule has 0 aliphatic heterocycles. The number of Topliss-reactive ketones (excluding diaryl/α,β-unsaturated/α-hetero) is 1. The molecule has 0 atom stereocenters. The van der Waals surface area contributed by atoms with E-state index in [0.29, 0.717) is 0 Å². The van der Waals surface area contributed by atoms with E-state index in [4.69, 9.17) is 5.73 Å². The van der Waals surface area contributed by atoms with Crippen LogP contribution in [-0.2, 0) is 14.4 Å². The summed E-state index contributed by atoms with van der Waals surface area (Å²) >= 11 is 0. The van der Waals surface area contributed by atoms with E-state index in [2.05, 4.69) is 10.6 Å². The molecule has 0 aliphatic rings. The molecule has 2 amide bonds. The van der Waals surface area contributed by atoms with Gasteiger partial charge in [0.1, 0.15) is 0 Å². The van der Waals surface area contributed by atoms with Crippen molar-refractivity contribution >= 4 is 17.6 Å². The van der Waals surface area contributed by atoms with E-state index in [1.165, 1.54) is 13.8 Å². The van der Waals surface area contributed by atoms with E-state index >= 15 is 0 Å². The predicted molar refractivity (Wildman–Crippen MR) is 49.8 cm³/mol. The van der Waals surface area contributed by atoms with E-state index < -0.39 is 5.91 Å². The fourth-order valence-corrected chi connectivity index (χ4v) is 0.646. The summed E-state index contributed by atoms with van der Waals surface area (Å²) in [4.78, 5) is 32.3. The number of hydrogen-bond acceptors (Lipinski definition) is 4. The number of carbonyl (C=O) groups excluding carboxylic acids is 3. The smallest absolute Gasteiger partial charge is 0.243 e. The zero-order chi connectivity index (χ0) is 11.1. The van der Waals surface area contributed by atoms with Gasteiger partial charge in [-0.1, -0.05) is 0 Å². The van der Waals surface area contributed by atoms with Gasteiger partial charge >= 0.3 is 0 Å². The molecule has 0 aliphatic carbocycles. The third-order valence-corrected chi connectivity index (χ3v) is 1.32. The zero-order valence-electron chi connectivity index (χ0n) is 8.09. The number of carbonyl (C=O) groups is 3. The summed E-state index contributed by atoms with van der Waals surface area (Å²) in [6, 6.07) is 0. The zero-order valence-corrected chi connectivity index (χ0v) is 8.09. The standard InChI is InChI=1S/C8H13N3O3/c1-5(12)7(3-9)11-8(14)4-10-6(2)13/h3H,4,9H2,1-2H3,(H,10,13)(H,11,14)/b7-3-. The normalized spacial score (nSPS) is 10.6. The summed E-state index contributed by atoms with van der Waals surface area (Å²) in [7, 11) is 0. The molecule has 0 aromatic carbocycles. The van der Waals surface area contributed by atoms with Gasteiger partial charge < -0.3 is 16.4 Å². The van der Waals surface area contributed by atoms with E-state index in [0.717, 1.165) is 6.20 Å². The fraction of sp³-hybridized carbons (Fsp3) is 0.375. The van der Waals surface area contributed by atoms with Gasteiger partial charge in [0.15, 0.2) is 5.78 Å². The van der Waals surface area contributed by atoms with Gasteiger partial charge in [-0.05, 0) is 0 Å². The minimum absolute atomic E-state index is 0.0142. The van der Waals surface area contributed by atoms with Crippen molar-refractivity contribution in [2.75, 3.05) is 6.54 Å². The molecule has 0 fully saturated rings. The summed E-state index contributed by atoms with van der Waals surface area (Å²) in [5.41, 5.74) is 5.11. The quantitative estimate of drug-likeness (QED) is 0.486. The SMILES string of the molecule is CC(=O)NCC(=O)N/C(=C\N)C(C)=O. The molecule has 4 N–H and O–H groups in total. The van der Waals surface area contributed by atoms with Crippen LogP contribution in [0, 0.1) is 0 Å². The van der Waals surface area contributed by atoms with Crippen LogP contribution in [0.25, 0.3) is 0 Å². The molecular formula is C8H13N3O3. The lowest BCUT2D eigenvalue weighted by Gasteiger charge is -2.05. The van der Waals surface area contributed by atoms with Crippen molar-refractivity contribution in [3.63, 3.8) is 0 Å². The van der Waals surface area contributed by atoms with Crippen molar-refractivity contribution in [1.82, 2.24) is 10.6 Å². The molecule has 0 rings (SSSR count). The Labute approximate surface area is 81.5 Å². The molecule has 6 nitrogen and oxygen atoms in total. The van der Waals surface area contributed by atoms with Gasteiger partial charge in [0.25, 0.3) is 0 Å². The molecule has 6 heteroatoms. The number of allylic oxidation sites excluding steroid dienone is 1. The van der Waals surface area contributed by atoms with Gasteiger partial charge in [0, 0.05) is 20.0 Å². The molecule has 0 bridgehead atoms. The Kier molecular flexibility index (Phi) is 4.98. The van der Waals surface area contributed by atoms with Crippen LogP contribution in [-0.4, -0.2) is 24.1 Å². The average molecular weight is 199 g/mol. The number of amides is 2. The van der Waals surface area contributed by atoms with Gasteiger partial charge in [-0.25, -0.2) is 0 Å². The van der Waals surface area contributed by atoms with Crippen LogP contribution >= 0.6 is 0 Å². The average Bonchev–Trinajstić information content (AvgIpc) is 2.10. The minimum Gasteiger partial charge on any atom is -0.403 e. The fourth-order valence-electron chi connectivity index (χ4n) is 0.646. The number of ketones is 1. The second kappa shape index (κ2) is 5.74. The molecule has 0 radical (unpaired) electrons. The first-order valence-corrected chi connectivity index (χ1v) is 3.94. The first-order valence-electron chi connectivity index (χ1n) is 3.94. The van der Waals surface area contributed by atoms with Gasteiger partial charge in [-0.15, -0.1) is 0 Å². The lowest BCUT2D eigenvalue weighted by Crippen LogP contribution is -2.37. The minimum atomic E-state index is -0.493. The number of nitrogens with one attached hydrogen (secondary N) is 2. The molecule has 0 aromatic rings. The molecule has 0 aromatic heterocycles. The van der Waals surface area contributed by atoms with Crippen LogP contribution in [0.15, 0.2) is 11.9 Å². The maximum absolute atomic E-state index is 11.0. The molecule has 0 unspecified atom stereocenters. The summed E-state index contributed by atoms with van der Waals surface area (Å²) < 4.78 is 0. The monoisotopic (exact) mass is 199 g/mol. The van der Waals surface area contributed by atoms with E-state index in [9.17, 15) is 14.4 Å². The van der Waals surface area contributed by atoms with E-state index in [-0.39, 0.29) is 23.9 Å². The third kappa shape index (κ3) is 4.91. The van der Waals surface area contributed by atoms with Crippen molar-refractivity contribution < 1.29 is 14.4 Å². The van der Waals surface area contributed by atoms with Crippen LogP contribution in [0.4, 0.5) is 0 Å². The van der Waals surface area contributed by atoms with Crippen molar-refractivity contribution in [3.05, 3.63) is 11.9 Å². The van der Waals surface area contributed by atoms with Gasteiger partial charge in [0.05, 0.1) is 12.2 Å². The lowest BCUT2D eigenvalue weighted by atomic mass is 10.3. The highest BCUT2D eigenvalue weighted by Crippen LogP contribution is 1.87. The Morgan fingerprint density at radius 1 is 1.29 bits per heavy atom. The maximum Gasteiger partial charge on any atom is 0.243 e. The first-order chi connectivity index (χ1) is 6.47. The Morgan fingerprint density at radius 2 is 1.86 bits per heavy atom. The van der Waals surface area contributed by atoms with Crippen LogP contribution < -0.4 is 16.4 Å². The first kappa shape index (κ1) is 12.2. The van der Waals surface area contributed by atoms with Crippen LogP contribution in [0.2, 0.25) is 0 Å². The van der Waals surface area contributed by atoms with Crippen LogP contribution in [0.1, 0.15) is 13.8 Å². The summed E-state index contributed by atoms with van der Waals surface area (Å²) in [5, 5.41) is 4.54. The number of rotatable bonds is 4. The Balaban J connectivity index is 4.05. The summed E-state index contributed by atoms with van der Waals surface area (Å²) in [6.07, 6.45) is 1.01. The molecule has 14 heavy (non-hydrogen) atoms. The molecule has 0 saturated heterocycles. The van der Waals surface area contributed by atoms with Crippen molar-refractivity contribution in [1.29, 1.82) is 0 Å². The van der Waals surface area contributed by atoms with Crippen LogP contribution in [0.3, 0.4) is 0 Å². The molecule has 0 spiro atoms. The maximum atomic E-state index is 11.0. The molecule has 0 saturated carbocycles. The number of nitrogens with two attached hydrogens (primary N) is 1. The Morgan fingerprint density at radius 3 is 2.21 bits per heavy atom. The highest BCUT2D eigenvalue weighted by molar-refractivity contribution is 5.98. The lowest BCUT2D eigenvalue weighted by molar-refractivity contribution is -0.125. The van der Waals surface area contributed by atoms with Crippen molar-refractivity contribution in [2.45, 2.75) is 13.8 Å². The molecular weight excluding hydrogens is 186 g/mol. The highest BCUT2D eigenvalue weighted by Gasteiger charge is 2.07. The second-order valence-electron chi connectivity index (χ2n) is 2.59. The Bertz CT molecular complexity index is 284. The van der Waals surface area contributed by atoms with E-state index in [1.807, 2.05) is 0 Å². The van der Waals surface area contributed by atoms with Crippen LogP contribution in [0.5, 0.6) is 0 Å². The topological polar surface area (TPSA) is 101 Å². The summed E-state index contributed by atoms with van der Waals surface area (Å²) in [5.74, 6) is -1.16. The predicted octanol–water partition coefficient (Wildman–Crippen LogP) is -1.37. The summed E-state index contributed by atoms with van der Waals surface area (Å²) in [6.45, 7) is 2.38. The van der Waals surface area contributed by atoms with E-state index in [1.54, 1.807) is 0 Å². The molecule has 0 heterocycles. The Hall–Kier alpha value is -1.85. The van der Waals surface area contributed by atoms with Gasteiger partial charge in [-0.2, -0.15) is 0 Å². The van der Waals surface area contributed by atoms with Crippen molar-refractivity contribution in [2.24, 2.45) is 5.73 Å². The second-order valence-corrected chi connectivity index (χ2v) is 2.59. The van der Waals surface area contributed by atoms with Crippen molar-refractivity contribution in [3.8, 4) is 0 Å². The van der Waals surface area contributed by atoms with Gasteiger partial charge in [0.2, 0.25) is 11.8 Å². The third-order valence-electron chi connectivity index (χ3n) is 1.32. The largest absolute Gasteiger partial charge is 0.403 e.